The Morgan fingerprint density at radius 1 is 0.931 bits per heavy atom. The molecule has 3 rings (SSSR count). The molecule has 0 radical (unpaired) electrons. The lowest BCUT2D eigenvalue weighted by Gasteiger charge is -2.11. The number of benzene rings is 2. The van der Waals surface area contributed by atoms with Crippen molar-refractivity contribution in [3.05, 3.63) is 88.4 Å². The second-order valence-corrected chi connectivity index (χ2v) is 7.25. The lowest BCUT2D eigenvalue weighted by Crippen LogP contribution is -2.25. The predicted octanol–water partition coefficient (Wildman–Crippen LogP) is 4.82. The van der Waals surface area contributed by atoms with Crippen molar-refractivity contribution in [2.75, 3.05) is 11.9 Å². The number of aryl methyl sites for hydroxylation is 4. The van der Waals surface area contributed by atoms with E-state index in [0.29, 0.717) is 17.8 Å². The summed E-state index contributed by atoms with van der Waals surface area (Å²) in [4.78, 5) is 24.7. The van der Waals surface area contributed by atoms with E-state index in [2.05, 4.69) is 42.7 Å². The SMILES string of the molecule is Cc1ccc(CCCNC(=O)c2ccc(C)c(NC(=O)c3ccco3)c2)c(C)c1. The van der Waals surface area contributed by atoms with Crippen LogP contribution in [0.2, 0.25) is 0 Å². The fourth-order valence-corrected chi connectivity index (χ4v) is 3.20. The molecule has 5 nitrogen and oxygen atoms in total. The van der Waals surface area contributed by atoms with Gasteiger partial charge in [0, 0.05) is 17.8 Å². The number of hydrogen-bond acceptors (Lipinski definition) is 3. The van der Waals surface area contributed by atoms with Gasteiger partial charge in [-0.25, -0.2) is 0 Å². The van der Waals surface area contributed by atoms with E-state index in [9.17, 15) is 9.59 Å². The minimum Gasteiger partial charge on any atom is -0.459 e. The van der Waals surface area contributed by atoms with Crippen molar-refractivity contribution < 1.29 is 14.0 Å². The van der Waals surface area contributed by atoms with Gasteiger partial charge >= 0.3 is 0 Å². The maximum Gasteiger partial charge on any atom is 0.291 e. The summed E-state index contributed by atoms with van der Waals surface area (Å²) in [5, 5.41) is 5.75. The zero-order valence-electron chi connectivity index (χ0n) is 17.0. The van der Waals surface area contributed by atoms with Crippen molar-refractivity contribution >= 4 is 17.5 Å². The molecule has 0 aliphatic heterocycles. The van der Waals surface area contributed by atoms with Gasteiger partial charge in [0.1, 0.15) is 0 Å². The second-order valence-electron chi connectivity index (χ2n) is 7.25. The number of nitrogens with one attached hydrogen (secondary N) is 2. The van der Waals surface area contributed by atoms with E-state index >= 15 is 0 Å². The average Bonchev–Trinajstić information content (AvgIpc) is 3.23. The number of rotatable bonds is 7. The smallest absolute Gasteiger partial charge is 0.291 e. The Morgan fingerprint density at radius 3 is 2.48 bits per heavy atom. The van der Waals surface area contributed by atoms with Gasteiger partial charge in [0.2, 0.25) is 0 Å². The first-order valence-electron chi connectivity index (χ1n) is 9.74. The lowest BCUT2D eigenvalue weighted by atomic mass is 10.0. The molecule has 0 atom stereocenters. The van der Waals surface area contributed by atoms with Crippen molar-refractivity contribution in [2.45, 2.75) is 33.6 Å². The summed E-state index contributed by atoms with van der Waals surface area (Å²) >= 11 is 0. The predicted molar refractivity (Wildman–Crippen MR) is 114 cm³/mol. The van der Waals surface area contributed by atoms with E-state index in [1.165, 1.54) is 23.0 Å². The number of carbonyl (C=O) groups is 2. The van der Waals surface area contributed by atoms with Crippen molar-refractivity contribution in [2.24, 2.45) is 0 Å². The van der Waals surface area contributed by atoms with Crippen LogP contribution < -0.4 is 10.6 Å². The van der Waals surface area contributed by atoms with Crippen LogP contribution in [0, 0.1) is 20.8 Å². The van der Waals surface area contributed by atoms with Crippen molar-refractivity contribution in [1.82, 2.24) is 5.32 Å². The largest absolute Gasteiger partial charge is 0.459 e. The highest BCUT2D eigenvalue weighted by atomic mass is 16.3. The van der Waals surface area contributed by atoms with Crippen molar-refractivity contribution in [3.63, 3.8) is 0 Å². The Labute approximate surface area is 171 Å². The zero-order chi connectivity index (χ0) is 20.8. The molecular weight excluding hydrogens is 364 g/mol. The fraction of sp³-hybridized carbons (Fsp3) is 0.250. The van der Waals surface area contributed by atoms with Gasteiger partial charge in [-0.3, -0.25) is 9.59 Å². The summed E-state index contributed by atoms with van der Waals surface area (Å²) in [6.45, 7) is 6.67. The topological polar surface area (TPSA) is 71.3 Å². The van der Waals surface area contributed by atoms with Crippen molar-refractivity contribution in [3.8, 4) is 0 Å². The van der Waals surface area contributed by atoms with Crippen LogP contribution in [-0.2, 0) is 6.42 Å². The first kappa shape index (κ1) is 20.4. The van der Waals surface area contributed by atoms with Crippen LogP contribution in [0.1, 0.15) is 49.6 Å². The molecule has 2 N–H and O–H groups in total. The van der Waals surface area contributed by atoms with Gasteiger partial charge in [-0.05, 0) is 74.6 Å². The Morgan fingerprint density at radius 2 is 1.76 bits per heavy atom. The third kappa shape index (κ3) is 5.35. The molecule has 1 aromatic heterocycles. The summed E-state index contributed by atoms with van der Waals surface area (Å²) in [5.74, 6) is -0.270. The standard InChI is InChI=1S/C24H26N2O3/c1-16-8-10-19(18(3)14-16)6-4-12-25-23(27)20-11-9-17(2)21(15-20)26-24(28)22-7-5-13-29-22/h5,7-11,13-15H,4,6,12H2,1-3H3,(H,25,27)(H,26,28). The Hall–Kier alpha value is -3.34. The summed E-state index contributed by atoms with van der Waals surface area (Å²) < 4.78 is 5.11. The fourth-order valence-electron chi connectivity index (χ4n) is 3.20. The van der Waals surface area contributed by atoms with E-state index in [1.807, 2.05) is 13.0 Å². The molecule has 2 aromatic carbocycles. The third-order valence-corrected chi connectivity index (χ3v) is 4.90. The Kier molecular flexibility index (Phi) is 6.50. The molecular formula is C24H26N2O3. The third-order valence-electron chi connectivity index (χ3n) is 4.90. The monoisotopic (exact) mass is 390 g/mol. The maximum atomic E-state index is 12.5. The highest BCUT2D eigenvalue weighted by Crippen LogP contribution is 2.18. The molecule has 2 amide bonds. The average molecular weight is 390 g/mol. The van der Waals surface area contributed by atoms with Crippen molar-refractivity contribution in [1.29, 1.82) is 0 Å². The molecule has 3 aromatic rings. The minimum atomic E-state index is -0.343. The zero-order valence-corrected chi connectivity index (χ0v) is 17.0. The van der Waals surface area contributed by atoms with Gasteiger partial charge in [0.15, 0.2) is 5.76 Å². The number of carbonyl (C=O) groups excluding carboxylic acids is 2. The molecule has 5 heteroatoms. The molecule has 150 valence electrons. The van der Waals surface area contributed by atoms with Crippen LogP contribution >= 0.6 is 0 Å². The van der Waals surface area contributed by atoms with Crippen LogP contribution in [0.3, 0.4) is 0 Å². The maximum absolute atomic E-state index is 12.5. The first-order chi connectivity index (χ1) is 13.9. The van der Waals surface area contributed by atoms with Gasteiger partial charge in [0.25, 0.3) is 11.8 Å². The van der Waals surface area contributed by atoms with Crippen LogP contribution in [-0.4, -0.2) is 18.4 Å². The first-order valence-corrected chi connectivity index (χ1v) is 9.74. The van der Waals surface area contributed by atoms with Gasteiger partial charge < -0.3 is 15.1 Å². The summed E-state index contributed by atoms with van der Waals surface area (Å²) in [6.07, 6.45) is 3.23. The second kappa shape index (κ2) is 9.24. The number of furan rings is 1. The quantitative estimate of drug-likeness (QED) is 0.568. The number of anilines is 1. The molecule has 1 heterocycles. The molecule has 0 saturated heterocycles. The number of amides is 2. The summed E-state index contributed by atoms with van der Waals surface area (Å²) in [6, 6.07) is 15.0. The summed E-state index contributed by atoms with van der Waals surface area (Å²) in [5.41, 5.74) is 5.83. The molecule has 0 bridgehead atoms. The van der Waals surface area contributed by atoms with E-state index in [0.717, 1.165) is 18.4 Å². The highest BCUT2D eigenvalue weighted by Gasteiger charge is 2.13. The summed E-state index contributed by atoms with van der Waals surface area (Å²) in [7, 11) is 0. The van der Waals surface area contributed by atoms with E-state index < -0.39 is 0 Å². The molecule has 29 heavy (non-hydrogen) atoms. The normalized spacial score (nSPS) is 10.6. The van der Waals surface area contributed by atoms with Crippen LogP contribution in [0.4, 0.5) is 5.69 Å². The molecule has 0 aliphatic rings. The van der Waals surface area contributed by atoms with E-state index in [1.54, 1.807) is 24.3 Å². The van der Waals surface area contributed by atoms with E-state index in [4.69, 9.17) is 4.42 Å². The van der Waals surface area contributed by atoms with Gasteiger partial charge in [-0.1, -0.05) is 29.8 Å². The Balaban J connectivity index is 1.55. The molecule has 0 spiro atoms. The minimum absolute atomic E-state index is 0.154. The highest BCUT2D eigenvalue weighted by molar-refractivity contribution is 6.03. The van der Waals surface area contributed by atoms with Crippen LogP contribution in [0.15, 0.2) is 59.2 Å². The Bertz CT molecular complexity index is 1010. The molecule has 0 unspecified atom stereocenters. The molecule has 0 fully saturated rings. The van der Waals surface area contributed by atoms with Gasteiger partial charge in [-0.2, -0.15) is 0 Å². The molecule has 0 aliphatic carbocycles. The van der Waals surface area contributed by atoms with Crippen LogP contribution in [0.25, 0.3) is 0 Å². The lowest BCUT2D eigenvalue weighted by molar-refractivity contribution is 0.0951. The molecule has 0 saturated carbocycles. The van der Waals surface area contributed by atoms with Crippen LogP contribution in [0.5, 0.6) is 0 Å². The van der Waals surface area contributed by atoms with Gasteiger partial charge in [0.05, 0.1) is 6.26 Å². The van der Waals surface area contributed by atoms with Gasteiger partial charge in [-0.15, -0.1) is 0 Å². The van der Waals surface area contributed by atoms with E-state index in [-0.39, 0.29) is 17.6 Å². The number of hydrogen-bond donors (Lipinski definition) is 2.